The van der Waals surface area contributed by atoms with Crippen molar-refractivity contribution in [1.29, 1.82) is 0 Å². The van der Waals surface area contributed by atoms with Gasteiger partial charge in [-0.15, -0.1) is 0 Å². The van der Waals surface area contributed by atoms with Gasteiger partial charge in [-0.25, -0.2) is 0 Å². The number of carbonyl (C=O) groups is 1. The molecule has 3 heteroatoms. The zero-order valence-corrected chi connectivity index (χ0v) is 22.6. The minimum atomic E-state index is -0.438. The largest absolute Gasteiger partial charge is 0.411 e. The van der Waals surface area contributed by atoms with Crippen molar-refractivity contribution in [2.24, 2.45) is 67.7 Å². The second-order valence-corrected chi connectivity index (χ2v) is 15.1. The van der Waals surface area contributed by atoms with Crippen LogP contribution < -0.4 is 0 Å². The first-order valence-corrected chi connectivity index (χ1v) is 14.0. The van der Waals surface area contributed by atoms with Crippen LogP contribution in [0.5, 0.6) is 0 Å². The van der Waals surface area contributed by atoms with Crippen LogP contribution in [-0.2, 0) is 4.79 Å². The molecule has 0 aliphatic heterocycles. The summed E-state index contributed by atoms with van der Waals surface area (Å²) in [5.41, 5.74) is 1.24. The Hall–Kier alpha value is -0.860. The first-order chi connectivity index (χ1) is 15.3. The number of nitrogens with zero attached hydrogens (tertiary/aromatic N) is 1. The Balaban J connectivity index is 1.57. The number of hydrogen-bond donors (Lipinski definition) is 1. The molecule has 5 saturated carbocycles. The van der Waals surface area contributed by atoms with Gasteiger partial charge in [0.05, 0.1) is 0 Å². The van der Waals surface area contributed by atoms with Gasteiger partial charge in [0.1, 0.15) is 5.71 Å². The summed E-state index contributed by atoms with van der Waals surface area (Å²) in [6, 6.07) is 0. The Bertz CT molecular complexity index is 875. The summed E-state index contributed by atoms with van der Waals surface area (Å²) in [5, 5.41) is 13.3. The fraction of sp³-hybridized carbons (Fsp3) is 0.933. The molecule has 0 unspecified atom stereocenters. The smallest absolute Gasteiger partial charge is 0.186 e. The van der Waals surface area contributed by atoms with Crippen LogP contribution in [0.4, 0.5) is 0 Å². The molecule has 5 fully saturated rings. The second kappa shape index (κ2) is 7.10. The summed E-state index contributed by atoms with van der Waals surface area (Å²) < 4.78 is 0. The number of hydrogen-bond acceptors (Lipinski definition) is 3. The number of ketones is 1. The van der Waals surface area contributed by atoms with Crippen molar-refractivity contribution >= 4 is 11.5 Å². The van der Waals surface area contributed by atoms with E-state index in [1.54, 1.807) is 0 Å². The van der Waals surface area contributed by atoms with Crippen molar-refractivity contribution < 1.29 is 10.0 Å². The van der Waals surface area contributed by atoms with E-state index >= 15 is 0 Å². The zero-order valence-electron chi connectivity index (χ0n) is 22.6. The third kappa shape index (κ3) is 2.80. The molecule has 5 rings (SSSR count). The lowest BCUT2D eigenvalue weighted by atomic mass is 9.32. The maximum Gasteiger partial charge on any atom is 0.186 e. The average molecular weight is 456 g/mol. The molecule has 186 valence electrons. The van der Waals surface area contributed by atoms with Crippen molar-refractivity contribution in [3.8, 4) is 0 Å². The number of fused-ring (bicyclic) bond motifs is 7. The van der Waals surface area contributed by atoms with Crippen LogP contribution in [0.1, 0.15) is 113 Å². The molecule has 0 aromatic rings. The Labute approximate surface area is 202 Å². The van der Waals surface area contributed by atoms with Crippen molar-refractivity contribution in [1.82, 2.24) is 0 Å². The Morgan fingerprint density at radius 3 is 2.18 bits per heavy atom. The van der Waals surface area contributed by atoms with E-state index in [-0.39, 0.29) is 11.2 Å². The van der Waals surface area contributed by atoms with Crippen LogP contribution in [0, 0.1) is 62.6 Å². The van der Waals surface area contributed by atoms with Crippen LogP contribution in [0.25, 0.3) is 0 Å². The number of oxime groups is 1. The van der Waals surface area contributed by atoms with Gasteiger partial charge >= 0.3 is 0 Å². The van der Waals surface area contributed by atoms with Gasteiger partial charge in [0.15, 0.2) is 5.78 Å². The quantitative estimate of drug-likeness (QED) is 0.324. The predicted octanol–water partition coefficient (Wildman–Crippen LogP) is 7.75. The van der Waals surface area contributed by atoms with Crippen LogP contribution in [0.2, 0.25) is 0 Å². The van der Waals surface area contributed by atoms with E-state index in [2.05, 4.69) is 60.5 Å². The van der Waals surface area contributed by atoms with E-state index in [0.29, 0.717) is 40.2 Å². The average Bonchev–Trinajstić information content (AvgIpc) is 3.09. The standard InChI is InChI=1S/C30H49NO2/c1-18(2)19-11-13-27(5)15-16-29(7)20(24(19)27)9-10-23-28(6)17-21(31-33)25(32)26(3,4)22(28)12-14-30(23,29)8/h18-20,22-24,33H,9-17H2,1-8H3/b31-21+/t19-,20+,22-,23+,24+,27+,28+,29+,30-/m0/s1. The normalized spacial score (nSPS) is 54.5. The molecule has 0 aromatic heterocycles. The number of rotatable bonds is 1. The lowest BCUT2D eigenvalue weighted by Crippen LogP contribution is -2.67. The molecule has 0 bridgehead atoms. The molecule has 33 heavy (non-hydrogen) atoms. The molecule has 0 saturated heterocycles. The third-order valence-corrected chi connectivity index (χ3v) is 13.4. The van der Waals surface area contributed by atoms with Crippen LogP contribution in [0.3, 0.4) is 0 Å². The summed E-state index contributed by atoms with van der Waals surface area (Å²) in [6.07, 6.45) is 11.3. The Morgan fingerprint density at radius 1 is 0.848 bits per heavy atom. The van der Waals surface area contributed by atoms with Crippen LogP contribution >= 0.6 is 0 Å². The van der Waals surface area contributed by atoms with Gasteiger partial charge in [0.2, 0.25) is 0 Å². The van der Waals surface area contributed by atoms with Crippen LogP contribution in [-0.4, -0.2) is 16.7 Å². The minimum absolute atomic E-state index is 0.0355. The fourth-order valence-corrected chi connectivity index (χ4v) is 11.6. The molecule has 3 nitrogen and oxygen atoms in total. The van der Waals surface area contributed by atoms with Gasteiger partial charge in [-0.3, -0.25) is 4.79 Å². The molecule has 0 heterocycles. The molecule has 0 spiro atoms. The van der Waals surface area contributed by atoms with Gasteiger partial charge in [-0.2, -0.15) is 0 Å². The molecule has 1 N–H and O–H groups in total. The van der Waals surface area contributed by atoms with E-state index < -0.39 is 5.41 Å². The van der Waals surface area contributed by atoms with E-state index in [4.69, 9.17) is 0 Å². The molecular formula is C30H49NO2. The number of Topliss-reactive ketones (excluding diaryl/α,β-unsaturated/α-hetero) is 1. The van der Waals surface area contributed by atoms with E-state index in [0.717, 1.165) is 30.1 Å². The highest BCUT2D eigenvalue weighted by atomic mass is 16.4. The van der Waals surface area contributed by atoms with Crippen molar-refractivity contribution in [2.75, 3.05) is 0 Å². The maximum atomic E-state index is 13.2. The molecular weight excluding hydrogens is 406 g/mol. The first-order valence-electron chi connectivity index (χ1n) is 14.0. The van der Waals surface area contributed by atoms with E-state index in [9.17, 15) is 10.0 Å². The Kier molecular flexibility index (Phi) is 5.13. The summed E-state index contributed by atoms with van der Waals surface area (Å²) in [6.45, 7) is 19.6. The lowest BCUT2D eigenvalue weighted by molar-refractivity contribution is -0.228. The molecule has 5 aliphatic carbocycles. The highest BCUT2D eigenvalue weighted by Gasteiger charge is 2.71. The van der Waals surface area contributed by atoms with Gasteiger partial charge < -0.3 is 5.21 Å². The van der Waals surface area contributed by atoms with Gasteiger partial charge in [-0.1, -0.05) is 60.5 Å². The fourth-order valence-electron chi connectivity index (χ4n) is 11.6. The van der Waals surface area contributed by atoms with Crippen LogP contribution in [0.15, 0.2) is 5.16 Å². The summed E-state index contributed by atoms with van der Waals surface area (Å²) in [5.74, 6) is 4.42. The predicted molar refractivity (Wildman–Crippen MR) is 134 cm³/mol. The second-order valence-electron chi connectivity index (χ2n) is 15.1. The van der Waals surface area contributed by atoms with Gasteiger partial charge in [-0.05, 0) is 109 Å². The molecule has 0 amide bonds. The molecule has 9 atom stereocenters. The Morgan fingerprint density at radius 2 is 1.55 bits per heavy atom. The minimum Gasteiger partial charge on any atom is -0.411 e. The monoisotopic (exact) mass is 455 g/mol. The third-order valence-electron chi connectivity index (χ3n) is 13.4. The molecule has 0 aromatic carbocycles. The lowest BCUT2D eigenvalue weighted by Gasteiger charge is -2.72. The molecule has 5 aliphatic rings. The summed E-state index contributed by atoms with van der Waals surface area (Å²) in [7, 11) is 0. The maximum absolute atomic E-state index is 13.2. The van der Waals surface area contributed by atoms with Crippen molar-refractivity contribution in [3.63, 3.8) is 0 Å². The van der Waals surface area contributed by atoms with E-state index in [1.807, 2.05) is 0 Å². The zero-order chi connectivity index (χ0) is 24.2. The SMILES string of the molecule is CC(C)[C@@H]1CC[C@]2(C)CC[C@]3(C)[C@H](CC[C@@H]4[C@]5(C)C/C(=N\O)C(=O)C(C)(C)[C@@H]5CC[C@@]43C)[C@@H]12. The highest BCUT2D eigenvalue weighted by molar-refractivity contribution is 6.42. The van der Waals surface area contributed by atoms with Crippen molar-refractivity contribution in [3.05, 3.63) is 0 Å². The summed E-state index contributed by atoms with van der Waals surface area (Å²) >= 11 is 0. The van der Waals surface area contributed by atoms with Gasteiger partial charge in [0.25, 0.3) is 0 Å². The topological polar surface area (TPSA) is 49.7 Å². The van der Waals surface area contributed by atoms with Crippen molar-refractivity contribution in [2.45, 2.75) is 113 Å². The van der Waals surface area contributed by atoms with Gasteiger partial charge in [0, 0.05) is 11.8 Å². The molecule has 0 radical (unpaired) electrons. The highest BCUT2D eigenvalue weighted by Crippen LogP contribution is 2.77. The number of carbonyl (C=O) groups excluding carboxylic acids is 1. The first kappa shape index (κ1) is 23.9. The van der Waals surface area contributed by atoms with E-state index in [1.165, 1.54) is 44.9 Å². The summed E-state index contributed by atoms with van der Waals surface area (Å²) in [4.78, 5) is 13.2.